The standard InChI is InChI=1S/C12H12N2O3S2/c1-19(16,17)12-10-7(3-2-4-9(10)15)11(18-12)8-5-6-13-14-8/h5-6H,2-4H2,1H3,(H,13,14). The quantitative estimate of drug-likeness (QED) is 0.920. The van der Waals surface area contributed by atoms with Crippen molar-refractivity contribution in [2.24, 2.45) is 0 Å². The number of aromatic amines is 1. The van der Waals surface area contributed by atoms with Crippen molar-refractivity contribution in [2.75, 3.05) is 6.26 Å². The van der Waals surface area contributed by atoms with Gasteiger partial charge in [-0.05, 0) is 24.5 Å². The zero-order valence-corrected chi connectivity index (χ0v) is 11.9. The summed E-state index contributed by atoms with van der Waals surface area (Å²) in [7, 11) is -3.39. The topological polar surface area (TPSA) is 79.9 Å². The summed E-state index contributed by atoms with van der Waals surface area (Å²) in [6, 6.07) is 1.79. The number of aromatic nitrogens is 2. The van der Waals surface area contributed by atoms with Crippen LogP contribution in [0.4, 0.5) is 0 Å². The minimum absolute atomic E-state index is 0.0697. The maximum atomic E-state index is 12.0. The molecule has 0 fully saturated rings. The molecule has 0 radical (unpaired) electrons. The monoisotopic (exact) mass is 296 g/mol. The third-order valence-corrected chi connectivity index (χ3v) is 6.24. The van der Waals surface area contributed by atoms with Crippen molar-refractivity contribution < 1.29 is 13.2 Å². The summed E-state index contributed by atoms with van der Waals surface area (Å²) in [6.45, 7) is 0. The van der Waals surface area contributed by atoms with Crippen molar-refractivity contribution in [1.82, 2.24) is 10.2 Å². The van der Waals surface area contributed by atoms with Gasteiger partial charge in [0, 0.05) is 18.9 Å². The Morgan fingerprint density at radius 3 is 2.79 bits per heavy atom. The minimum Gasteiger partial charge on any atom is -0.294 e. The number of nitrogens with one attached hydrogen (secondary N) is 1. The lowest BCUT2D eigenvalue weighted by Gasteiger charge is -2.12. The molecule has 0 saturated heterocycles. The van der Waals surface area contributed by atoms with Crippen LogP contribution in [0.3, 0.4) is 0 Å². The number of hydrogen-bond donors (Lipinski definition) is 1. The second-order valence-corrected chi connectivity index (χ2v) is 7.81. The Morgan fingerprint density at radius 2 is 2.16 bits per heavy atom. The maximum Gasteiger partial charge on any atom is 0.185 e. The van der Waals surface area contributed by atoms with Gasteiger partial charge < -0.3 is 0 Å². The number of rotatable bonds is 2. The number of carbonyl (C=O) groups is 1. The number of Topliss-reactive ketones (excluding diaryl/α,β-unsaturated/α-hetero) is 1. The smallest absolute Gasteiger partial charge is 0.185 e. The van der Waals surface area contributed by atoms with Crippen molar-refractivity contribution in [3.05, 3.63) is 23.4 Å². The normalized spacial score (nSPS) is 15.5. The number of sulfone groups is 1. The number of H-pyrrole nitrogens is 1. The summed E-state index contributed by atoms with van der Waals surface area (Å²) < 4.78 is 23.9. The summed E-state index contributed by atoms with van der Waals surface area (Å²) in [4.78, 5) is 12.8. The molecular formula is C12H12N2O3S2. The van der Waals surface area contributed by atoms with E-state index in [1.807, 2.05) is 0 Å². The Morgan fingerprint density at radius 1 is 1.37 bits per heavy atom. The first-order chi connectivity index (χ1) is 8.98. The number of nitrogens with zero attached hydrogens (tertiary/aromatic N) is 1. The minimum atomic E-state index is -3.39. The Hall–Kier alpha value is -1.47. The van der Waals surface area contributed by atoms with Crippen molar-refractivity contribution in [1.29, 1.82) is 0 Å². The van der Waals surface area contributed by atoms with Gasteiger partial charge in [-0.25, -0.2) is 8.42 Å². The maximum absolute atomic E-state index is 12.0. The molecule has 0 unspecified atom stereocenters. The van der Waals surface area contributed by atoms with Crippen LogP contribution in [0.5, 0.6) is 0 Å². The van der Waals surface area contributed by atoms with Gasteiger partial charge >= 0.3 is 0 Å². The first-order valence-electron chi connectivity index (χ1n) is 5.87. The van der Waals surface area contributed by atoms with Gasteiger partial charge in [0.05, 0.1) is 10.4 Å². The Balaban J connectivity index is 2.32. The van der Waals surface area contributed by atoms with Crippen LogP contribution in [0.25, 0.3) is 10.6 Å². The fraction of sp³-hybridized carbons (Fsp3) is 0.333. The first kappa shape index (κ1) is 12.6. The van der Waals surface area contributed by atoms with Gasteiger partial charge in [-0.2, -0.15) is 5.10 Å². The summed E-state index contributed by atoms with van der Waals surface area (Å²) >= 11 is 1.15. The lowest BCUT2D eigenvalue weighted by molar-refractivity contribution is 0.0970. The number of hydrogen-bond acceptors (Lipinski definition) is 5. The van der Waals surface area contributed by atoms with Crippen molar-refractivity contribution in [2.45, 2.75) is 23.5 Å². The molecule has 0 aliphatic heterocycles. The van der Waals surface area contributed by atoms with Gasteiger partial charge in [-0.15, -0.1) is 11.3 Å². The van der Waals surface area contributed by atoms with E-state index >= 15 is 0 Å². The molecule has 1 N–H and O–H groups in total. The molecule has 100 valence electrons. The Bertz CT molecular complexity index is 742. The van der Waals surface area contributed by atoms with E-state index < -0.39 is 9.84 Å². The van der Waals surface area contributed by atoms with Crippen LogP contribution in [0.2, 0.25) is 0 Å². The van der Waals surface area contributed by atoms with Crippen LogP contribution in [0.1, 0.15) is 28.8 Å². The summed E-state index contributed by atoms with van der Waals surface area (Å²) in [6.07, 6.45) is 4.76. The van der Waals surface area contributed by atoms with E-state index in [-0.39, 0.29) is 9.99 Å². The average Bonchev–Trinajstić information content (AvgIpc) is 2.94. The van der Waals surface area contributed by atoms with Crippen molar-refractivity contribution in [3.8, 4) is 10.6 Å². The van der Waals surface area contributed by atoms with Gasteiger partial charge in [0.15, 0.2) is 15.6 Å². The predicted molar refractivity (Wildman–Crippen MR) is 72.3 cm³/mol. The highest BCUT2D eigenvalue weighted by Crippen LogP contribution is 2.41. The second kappa shape index (κ2) is 4.28. The lowest BCUT2D eigenvalue weighted by Crippen LogP contribution is -2.12. The molecule has 0 saturated carbocycles. The molecule has 0 bridgehead atoms. The van der Waals surface area contributed by atoms with E-state index in [9.17, 15) is 13.2 Å². The third kappa shape index (κ3) is 2.02. The third-order valence-electron chi connectivity index (χ3n) is 3.15. The average molecular weight is 296 g/mol. The molecule has 2 heterocycles. The SMILES string of the molecule is CS(=O)(=O)c1sc(-c2cc[nH]n2)c2c1C(=O)CCC2. The Labute approximate surface area is 114 Å². The van der Waals surface area contributed by atoms with E-state index in [0.717, 1.165) is 40.9 Å². The van der Waals surface area contributed by atoms with Crippen LogP contribution in [0.15, 0.2) is 16.5 Å². The molecule has 0 aromatic carbocycles. The predicted octanol–water partition coefficient (Wildman–Crippen LogP) is 2.06. The fourth-order valence-electron chi connectivity index (χ4n) is 2.37. The zero-order chi connectivity index (χ0) is 13.6. The highest BCUT2D eigenvalue weighted by molar-refractivity contribution is 7.93. The molecule has 5 nitrogen and oxygen atoms in total. The van der Waals surface area contributed by atoms with Crippen LogP contribution < -0.4 is 0 Å². The summed E-state index contributed by atoms with van der Waals surface area (Å²) in [5, 5.41) is 6.81. The number of thiophene rings is 1. The molecule has 3 rings (SSSR count). The van der Waals surface area contributed by atoms with Crippen LogP contribution in [-0.4, -0.2) is 30.7 Å². The van der Waals surface area contributed by atoms with Crippen LogP contribution in [-0.2, 0) is 16.3 Å². The van der Waals surface area contributed by atoms with Crippen molar-refractivity contribution >= 4 is 27.0 Å². The molecule has 2 aromatic rings. The van der Waals surface area contributed by atoms with Gasteiger partial charge in [0.2, 0.25) is 0 Å². The highest BCUT2D eigenvalue weighted by Gasteiger charge is 2.31. The molecule has 0 amide bonds. The molecule has 7 heteroatoms. The van der Waals surface area contributed by atoms with E-state index in [1.54, 1.807) is 12.3 Å². The van der Waals surface area contributed by atoms with Gasteiger partial charge in [0.1, 0.15) is 9.90 Å². The number of fused-ring (bicyclic) bond motifs is 1. The van der Waals surface area contributed by atoms with E-state index in [1.165, 1.54) is 0 Å². The highest BCUT2D eigenvalue weighted by atomic mass is 32.2. The molecule has 0 atom stereocenters. The number of carbonyl (C=O) groups excluding carboxylic acids is 1. The molecule has 2 aromatic heterocycles. The van der Waals surface area contributed by atoms with Gasteiger partial charge in [-0.3, -0.25) is 9.89 Å². The summed E-state index contributed by atoms with van der Waals surface area (Å²) in [5.74, 6) is -0.0697. The second-order valence-electron chi connectivity index (χ2n) is 4.58. The van der Waals surface area contributed by atoms with E-state index in [2.05, 4.69) is 10.2 Å². The van der Waals surface area contributed by atoms with Crippen LogP contribution >= 0.6 is 11.3 Å². The zero-order valence-electron chi connectivity index (χ0n) is 10.3. The lowest BCUT2D eigenvalue weighted by atomic mass is 9.92. The molecule has 0 spiro atoms. The van der Waals surface area contributed by atoms with Gasteiger partial charge in [0.25, 0.3) is 0 Å². The first-order valence-corrected chi connectivity index (χ1v) is 8.58. The molecule has 1 aliphatic carbocycles. The molecular weight excluding hydrogens is 284 g/mol. The summed E-state index contributed by atoms with van der Waals surface area (Å²) in [5.41, 5.74) is 1.94. The number of ketones is 1. The molecule has 19 heavy (non-hydrogen) atoms. The largest absolute Gasteiger partial charge is 0.294 e. The molecule has 1 aliphatic rings. The fourth-order valence-corrected chi connectivity index (χ4v) is 4.90. The van der Waals surface area contributed by atoms with E-state index in [0.29, 0.717) is 17.7 Å². The Kier molecular flexibility index (Phi) is 2.83. The van der Waals surface area contributed by atoms with Gasteiger partial charge in [-0.1, -0.05) is 0 Å². The van der Waals surface area contributed by atoms with Crippen LogP contribution in [0, 0.1) is 0 Å². The van der Waals surface area contributed by atoms with E-state index in [4.69, 9.17) is 0 Å². The van der Waals surface area contributed by atoms with Crippen molar-refractivity contribution in [3.63, 3.8) is 0 Å².